The molecule has 2 rings (SSSR count). The van der Waals surface area contributed by atoms with Crippen LogP contribution >= 0.6 is 12.4 Å². The molecule has 0 bridgehead atoms. The molecule has 0 saturated carbocycles. The third-order valence-corrected chi connectivity index (χ3v) is 3.34. The van der Waals surface area contributed by atoms with Crippen molar-refractivity contribution in [1.29, 1.82) is 0 Å². The summed E-state index contributed by atoms with van der Waals surface area (Å²) in [6.45, 7) is 5.94. The van der Waals surface area contributed by atoms with Gasteiger partial charge in [0.1, 0.15) is 0 Å². The number of halogens is 1. The average molecular weight is 284 g/mol. The van der Waals surface area contributed by atoms with E-state index in [9.17, 15) is 4.79 Å². The molecular formula is C15H22ClNO2. The average Bonchev–Trinajstić information content (AvgIpc) is 2.40. The predicted molar refractivity (Wildman–Crippen MR) is 79.0 cm³/mol. The second-order valence-electron chi connectivity index (χ2n) is 4.77. The van der Waals surface area contributed by atoms with E-state index in [0.29, 0.717) is 18.7 Å². The first-order chi connectivity index (χ1) is 8.78. The Hall–Kier alpha value is -0.900. The van der Waals surface area contributed by atoms with Crippen LogP contribution in [0.1, 0.15) is 18.1 Å². The van der Waals surface area contributed by atoms with Crippen molar-refractivity contribution in [3.05, 3.63) is 35.4 Å². The Labute approximate surface area is 121 Å². The van der Waals surface area contributed by atoms with Gasteiger partial charge < -0.3 is 4.74 Å². The molecule has 1 aromatic carbocycles. The summed E-state index contributed by atoms with van der Waals surface area (Å²) in [6.07, 6.45) is 1.59. The van der Waals surface area contributed by atoms with Crippen molar-refractivity contribution in [3.63, 3.8) is 0 Å². The Bertz CT molecular complexity index is 386. The molecule has 4 heteroatoms. The number of ether oxygens (including phenoxy) is 1. The van der Waals surface area contributed by atoms with Gasteiger partial charge in [0, 0.05) is 19.5 Å². The molecule has 1 aliphatic rings. The molecule has 1 fully saturated rings. The van der Waals surface area contributed by atoms with E-state index in [4.69, 9.17) is 4.74 Å². The lowest BCUT2D eigenvalue weighted by Crippen LogP contribution is -2.39. The molecule has 0 radical (unpaired) electrons. The number of hydrogen-bond acceptors (Lipinski definition) is 3. The highest BCUT2D eigenvalue weighted by molar-refractivity contribution is 5.85. The van der Waals surface area contributed by atoms with Gasteiger partial charge in [0.2, 0.25) is 0 Å². The number of hydrogen-bond donors (Lipinski definition) is 0. The van der Waals surface area contributed by atoms with Crippen LogP contribution in [-0.4, -0.2) is 43.5 Å². The fraction of sp³-hybridized carbons (Fsp3) is 0.533. The van der Waals surface area contributed by atoms with Gasteiger partial charge in [0.05, 0.1) is 19.8 Å². The molecule has 3 nitrogen and oxygen atoms in total. The SMILES string of the molecule is CCc1ccc(CC(=O)CN2CCOCC2)cc1.Cl. The molecule has 1 saturated heterocycles. The number of carbonyl (C=O) groups excluding carboxylic acids is 1. The van der Waals surface area contributed by atoms with E-state index in [1.54, 1.807) is 0 Å². The quantitative estimate of drug-likeness (QED) is 0.829. The van der Waals surface area contributed by atoms with E-state index < -0.39 is 0 Å². The molecule has 0 spiro atoms. The van der Waals surface area contributed by atoms with Gasteiger partial charge >= 0.3 is 0 Å². The summed E-state index contributed by atoms with van der Waals surface area (Å²) in [6, 6.07) is 8.35. The topological polar surface area (TPSA) is 29.5 Å². The predicted octanol–water partition coefficient (Wildman–Crippen LogP) is 2.11. The van der Waals surface area contributed by atoms with Crippen molar-refractivity contribution in [2.24, 2.45) is 0 Å². The number of ketones is 1. The van der Waals surface area contributed by atoms with Crippen molar-refractivity contribution >= 4 is 18.2 Å². The summed E-state index contributed by atoms with van der Waals surface area (Å²) in [4.78, 5) is 14.1. The van der Waals surface area contributed by atoms with Crippen LogP contribution in [0.4, 0.5) is 0 Å². The second kappa shape index (κ2) is 8.31. The second-order valence-corrected chi connectivity index (χ2v) is 4.77. The van der Waals surface area contributed by atoms with Crippen LogP contribution in [-0.2, 0) is 22.4 Å². The molecule has 0 amide bonds. The van der Waals surface area contributed by atoms with Crippen LogP contribution in [0.25, 0.3) is 0 Å². The van der Waals surface area contributed by atoms with E-state index in [-0.39, 0.29) is 12.4 Å². The summed E-state index contributed by atoms with van der Waals surface area (Å²) in [5.74, 6) is 0.293. The lowest BCUT2D eigenvalue weighted by molar-refractivity contribution is -0.120. The summed E-state index contributed by atoms with van der Waals surface area (Å²) >= 11 is 0. The van der Waals surface area contributed by atoms with E-state index >= 15 is 0 Å². The molecule has 1 aliphatic heterocycles. The maximum Gasteiger partial charge on any atom is 0.151 e. The van der Waals surface area contributed by atoms with E-state index in [2.05, 4.69) is 36.1 Å². The van der Waals surface area contributed by atoms with Crippen LogP contribution in [0.15, 0.2) is 24.3 Å². The first kappa shape index (κ1) is 16.2. The first-order valence-corrected chi connectivity index (χ1v) is 6.67. The van der Waals surface area contributed by atoms with Crippen LogP contribution in [0.3, 0.4) is 0 Å². The van der Waals surface area contributed by atoms with Crippen LogP contribution < -0.4 is 0 Å². The minimum absolute atomic E-state index is 0. The Kier molecular flexibility index (Phi) is 7.06. The zero-order chi connectivity index (χ0) is 12.8. The number of rotatable bonds is 5. The third-order valence-electron chi connectivity index (χ3n) is 3.34. The standard InChI is InChI=1S/C15H21NO2.ClH/c1-2-13-3-5-14(6-4-13)11-15(17)12-16-7-9-18-10-8-16;/h3-6H,2,7-12H2,1H3;1H. The van der Waals surface area contributed by atoms with Gasteiger partial charge in [-0.2, -0.15) is 0 Å². The Balaban J connectivity index is 0.00000180. The molecule has 0 aromatic heterocycles. The van der Waals surface area contributed by atoms with Crippen molar-refractivity contribution in [2.45, 2.75) is 19.8 Å². The highest BCUT2D eigenvalue weighted by Crippen LogP contribution is 2.07. The highest BCUT2D eigenvalue weighted by Gasteiger charge is 2.14. The zero-order valence-electron chi connectivity index (χ0n) is 11.4. The van der Waals surface area contributed by atoms with Crippen LogP contribution in [0, 0.1) is 0 Å². The van der Waals surface area contributed by atoms with Crippen molar-refractivity contribution < 1.29 is 9.53 Å². The van der Waals surface area contributed by atoms with Crippen molar-refractivity contribution in [2.75, 3.05) is 32.8 Å². The van der Waals surface area contributed by atoms with Gasteiger partial charge in [-0.3, -0.25) is 9.69 Å². The number of carbonyl (C=O) groups is 1. The van der Waals surface area contributed by atoms with E-state index in [0.717, 1.165) is 38.3 Å². The molecule has 0 aliphatic carbocycles. The fourth-order valence-electron chi connectivity index (χ4n) is 2.19. The Morgan fingerprint density at radius 1 is 1.16 bits per heavy atom. The third kappa shape index (κ3) is 5.31. The molecule has 0 atom stereocenters. The molecular weight excluding hydrogens is 262 g/mol. The van der Waals surface area contributed by atoms with Crippen LogP contribution in [0.5, 0.6) is 0 Å². The summed E-state index contributed by atoms with van der Waals surface area (Å²) in [5.41, 5.74) is 2.44. The minimum atomic E-state index is 0. The van der Waals surface area contributed by atoms with Gasteiger partial charge in [-0.25, -0.2) is 0 Å². The Morgan fingerprint density at radius 2 is 1.74 bits per heavy atom. The van der Waals surface area contributed by atoms with Crippen molar-refractivity contribution in [3.8, 4) is 0 Å². The Morgan fingerprint density at radius 3 is 2.32 bits per heavy atom. The summed E-state index contributed by atoms with van der Waals surface area (Å²) in [7, 11) is 0. The highest BCUT2D eigenvalue weighted by atomic mass is 35.5. The van der Waals surface area contributed by atoms with E-state index in [1.165, 1.54) is 5.56 Å². The number of nitrogens with zero attached hydrogens (tertiary/aromatic N) is 1. The van der Waals surface area contributed by atoms with Crippen molar-refractivity contribution in [1.82, 2.24) is 4.90 Å². The summed E-state index contributed by atoms with van der Waals surface area (Å²) < 4.78 is 5.27. The zero-order valence-corrected chi connectivity index (χ0v) is 12.2. The molecule has 19 heavy (non-hydrogen) atoms. The summed E-state index contributed by atoms with van der Waals surface area (Å²) in [5, 5.41) is 0. The molecule has 0 N–H and O–H groups in total. The number of morpholine rings is 1. The van der Waals surface area contributed by atoms with Gasteiger partial charge in [0.25, 0.3) is 0 Å². The first-order valence-electron chi connectivity index (χ1n) is 6.67. The maximum absolute atomic E-state index is 12.0. The largest absolute Gasteiger partial charge is 0.379 e. The fourth-order valence-corrected chi connectivity index (χ4v) is 2.19. The molecule has 1 heterocycles. The van der Waals surface area contributed by atoms with E-state index in [1.807, 2.05) is 0 Å². The van der Waals surface area contributed by atoms with Gasteiger partial charge in [-0.05, 0) is 17.5 Å². The maximum atomic E-state index is 12.0. The molecule has 106 valence electrons. The molecule has 1 aromatic rings. The van der Waals surface area contributed by atoms with Crippen LogP contribution in [0.2, 0.25) is 0 Å². The smallest absolute Gasteiger partial charge is 0.151 e. The van der Waals surface area contributed by atoms with Gasteiger partial charge in [-0.1, -0.05) is 31.2 Å². The lowest BCUT2D eigenvalue weighted by Gasteiger charge is -2.25. The van der Waals surface area contributed by atoms with Gasteiger partial charge in [0.15, 0.2) is 5.78 Å². The molecule has 0 unspecified atom stereocenters. The lowest BCUT2D eigenvalue weighted by atomic mass is 10.1. The number of Topliss-reactive ketones (excluding diaryl/α,β-unsaturated/α-hetero) is 1. The normalized spacial score (nSPS) is 15.8. The van der Waals surface area contributed by atoms with Gasteiger partial charge in [-0.15, -0.1) is 12.4 Å². The minimum Gasteiger partial charge on any atom is -0.379 e. The number of aryl methyl sites for hydroxylation is 1. The number of benzene rings is 1. The monoisotopic (exact) mass is 283 g/mol.